The van der Waals surface area contributed by atoms with Gasteiger partial charge in [-0.15, -0.1) is 0 Å². The van der Waals surface area contributed by atoms with Gasteiger partial charge in [-0.05, 0) is 48.7 Å². The average Bonchev–Trinajstić information content (AvgIpc) is 3.10. The molecule has 0 spiro atoms. The van der Waals surface area contributed by atoms with Crippen LogP contribution in [0.2, 0.25) is 0 Å². The van der Waals surface area contributed by atoms with E-state index in [1.165, 1.54) is 16.8 Å². The van der Waals surface area contributed by atoms with E-state index in [9.17, 15) is 0 Å². The van der Waals surface area contributed by atoms with Crippen molar-refractivity contribution < 1.29 is 0 Å². The van der Waals surface area contributed by atoms with Crippen LogP contribution < -0.4 is 10.6 Å². The molecule has 118 valence electrons. The predicted molar refractivity (Wildman–Crippen MR) is 92.6 cm³/mol. The van der Waals surface area contributed by atoms with Crippen molar-refractivity contribution in [3.05, 3.63) is 59.6 Å². The van der Waals surface area contributed by atoms with E-state index in [1.54, 1.807) is 6.20 Å². The maximum Gasteiger partial charge on any atom is 0.107 e. The molecule has 2 aliphatic rings. The van der Waals surface area contributed by atoms with Gasteiger partial charge in [-0.3, -0.25) is 4.68 Å². The van der Waals surface area contributed by atoms with Crippen molar-refractivity contribution in [3.8, 4) is 0 Å². The van der Waals surface area contributed by atoms with Gasteiger partial charge in [0.2, 0.25) is 0 Å². The van der Waals surface area contributed by atoms with Gasteiger partial charge in [0.25, 0.3) is 0 Å². The summed E-state index contributed by atoms with van der Waals surface area (Å²) in [5.74, 6) is 1.08. The van der Waals surface area contributed by atoms with Crippen LogP contribution in [0.15, 0.2) is 59.0 Å². The lowest BCUT2D eigenvalue weighted by atomic mass is 9.98. The molecular weight excluding hydrogens is 286 g/mol. The molecule has 0 saturated carbocycles. The molecule has 4 rings (SSSR count). The van der Waals surface area contributed by atoms with Gasteiger partial charge in [-0.2, -0.15) is 5.10 Å². The van der Waals surface area contributed by atoms with E-state index in [2.05, 4.69) is 40.0 Å². The number of hydrogen-bond acceptors (Lipinski definition) is 4. The molecule has 0 bridgehead atoms. The number of nitrogens with one attached hydrogen (secondary N) is 2. The zero-order chi connectivity index (χ0) is 15.5. The van der Waals surface area contributed by atoms with Crippen LogP contribution in [0.5, 0.6) is 0 Å². The van der Waals surface area contributed by atoms with Crippen molar-refractivity contribution in [2.24, 2.45) is 4.99 Å². The monoisotopic (exact) mass is 307 g/mol. The number of hydrogen-bond donors (Lipinski definition) is 2. The van der Waals surface area contributed by atoms with Crippen LogP contribution in [0.4, 0.5) is 5.69 Å². The van der Waals surface area contributed by atoms with E-state index >= 15 is 0 Å². The summed E-state index contributed by atoms with van der Waals surface area (Å²) >= 11 is 0. The van der Waals surface area contributed by atoms with Gasteiger partial charge in [0.15, 0.2) is 0 Å². The number of nitrogens with zero attached hydrogens (tertiary/aromatic N) is 3. The topological polar surface area (TPSA) is 54.2 Å². The number of rotatable bonds is 3. The van der Waals surface area contributed by atoms with Gasteiger partial charge in [0, 0.05) is 31.0 Å². The summed E-state index contributed by atoms with van der Waals surface area (Å²) in [6.07, 6.45) is 7.08. The SMILES string of the molecule is c1cnn(Cc2ccc(NC3=NC4=C(CCNC4)CC3)cc2)c1. The van der Waals surface area contributed by atoms with E-state index in [0.29, 0.717) is 0 Å². The molecule has 0 radical (unpaired) electrons. The summed E-state index contributed by atoms with van der Waals surface area (Å²) < 4.78 is 1.93. The van der Waals surface area contributed by atoms with Gasteiger partial charge >= 0.3 is 0 Å². The second-order valence-electron chi connectivity index (χ2n) is 6.06. The molecule has 2 aromatic rings. The lowest BCUT2D eigenvalue weighted by molar-refractivity contribution is 0.644. The van der Waals surface area contributed by atoms with Crippen LogP contribution >= 0.6 is 0 Å². The van der Waals surface area contributed by atoms with E-state index in [4.69, 9.17) is 4.99 Å². The fourth-order valence-corrected chi connectivity index (χ4v) is 3.12. The van der Waals surface area contributed by atoms with Crippen LogP contribution in [0, 0.1) is 0 Å². The van der Waals surface area contributed by atoms with Crippen molar-refractivity contribution in [2.75, 3.05) is 18.4 Å². The van der Waals surface area contributed by atoms with E-state index in [-0.39, 0.29) is 0 Å². The van der Waals surface area contributed by atoms with Gasteiger partial charge in [-0.1, -0.05) is 12.1 Å². The highest BCUT2D eigenvalue weighted by Gasteiger charge is 2.17. The van der Waals surface area contributed by atoms with E-state index < -0.39 is 0 Å². The lowest BCUT2D eigenvalue weighted by Gasteiger charge is -2.24. The summed E-state index contributed by atoms with van der Waals surface area (Å²) in [4.78, 5) is 4.79. The Morgan fingerprint density at radius 2 is 2.04 bits per heavy atom. The molecule has 2 N–H and O–H groups in total. The number of aromatic nitrogens is 2. The number of benzene rings is 1. The predicted octanol–water partition coefficient (Wildman–Crippen LogP) is 2.78. The standard InChI is InChI=1S/C18H21N5/c1-9-20-23(11-1)13-14-2-5-16(6-3-14)21-18-7-4-15-8-10-19-12-17(15)22-18/h1-3,5-6,9,11,19H,4,7-8,10,12-13H2,(H,21,22). The summed E-state index contributed by atoms with van der Waals surface area (Å²) in [5, 5.41) is 11.1. The zero-order valence-corrected chi connectivity index (χ0v) is 13.1. The van der Waals surface area contributed by atoms with Gasteiger partial charge in [0.1, 0.15) is 5.84 Å². The van der Waals surface area contributed by atoms with Gasteiger partial charge < -0.3 is 10.6 Å². The molecular formula is C18H21N5. The van der Waals surface area contributed by atoms with Crippen molar-refractivity contribution in [1.29, 1.82) is 0 Å². The molecule has 0 aliphatic carbocycles. The molecule has 0 unspecified atom stereocenters. The van der Waals surface area contributed by atoms with Gasteiger partial charge in [0.05, 0.1) is 12.2 Å². The molecule has 5 nitrogen and oxygen atoms in total. The number of aliphatic imine (C=N–C) groups is 1. The van der Waals surface area contributed by atoms with Crippen molar-refractivity contribution in [3.63, 3.8) is 0 Å². The summed E-state index contributed by atoms with van der Waals surface area (Å²) in [7, 11) is 0. The van der Waals surface area contributed by atoms with Crippen molar-refractivity contribution in [1.82, 2.24) is 15.1 Å². The first-order valence-corrected chi connectivity index (χ1v) is 8.19. The van der Waals surface area contributed by atoms with Crippen LogP contribution in [0.1, 0.15) is 24.8 Å². The maximum atomic E-state index is 4.79. The Kier molecular flexibility index (Phi) is 3.94. The van der Waals surface area contributed by atoms with Crippen LogP contribution in [-0.4, -0.2) is 28.7 Å². The number of amidine groups is 1. The fraction of sp³-hybridized carbons (Fsp3) is 0.333. The van der Waals surface area contributed by atoms with Crippen LogP contribution in [0.25, 0.3) is 0 Å². The van der Waals surface area contributed by atoms with Gasteiger partial charge in [-0.25, -0.2) is 4.99 Å². The summed E-state index contributed by atoms with van der Waals surface area (Å²) in [5.41, 5.74) is 5.11. The first-order valence-electron chi connectivity index (χ1n) is 8.19. The minimum Gasteiger partial charge on any atom is -0.344 e. The number of anilines is 1. The fourth-order valence-electron chi connectivity index (χ4n) is 3.12. The normalized spacial score (nSPS) is 17.7. The smallest absolute Gasteiger partial charge is 0.107 e. The Morgan fingerprint density at radius 3 is 2.87 bits per heavy atom. The highest BCUT2D eigenvalue weighted by molar-refractivity contribution is 5.96. The molecule has 0 fully saturated rings. The zero-order valence-electron chi connectivity index (χ0n) is 13.1. The Bertz CT molecular complexity index is 725. The van der Waals surface area contributed by atoms with E-state index in [1.807, 2.05) is 16.9 Å². The Morgan fingerprint density at radius 1 is 1.13 bits per heavy atom. The third-order valence-electron chi connectivity index (χ3n) is 4.38. The largest absolute Gasteiger partial charge is 0.344 e. The highest BCUT2D eigenvalue weighted by atomic mass is 15.3. The maximum absolute atomic E-state index is 4.79. The highest BCUT2D eigenvalue weighted by Crippen LogP contribution is 2.24. The Balaban J connectivity index is 1.43. The molecule has 1 aromatic carbocycles. The molecule has 3 heterocycles. The first-order chi connectivity index (χ1) is 11.4. The summed E-state index contributed by atoms with van der Waals surface area (Å²) in [6, 6.07) is 10.5. The first kappa shape index (κ1) is 14.2. The molecule has 5 heteroatoms. The third-order valence-corrected chi connectivity index (χ3v) is 4.38. The summed E-state index contributed by atoms with van der Waals surface area (Å²) in [6.45, 7) is 2.80. The molecule has 0 saturated heterocycles. The van der Waals surface area contributed by atoms with E-state index in [0.717, 1.165) is 50.4 Å². The molecule has 1 aromatic heterocycles. The quantitative estimate of drug-likeness (QED) is 0.917. The Labute approximate surface area is 136 Å². The lowest BCUT2D eigenvalue weighted by Crippen LogP contribution is -2.28. The van der Waals surface area contributed by atoms with Crippen molar-refractivity contribution >= 4 is 11.5 Å². The Hall–Kier alpha value is -2.40. The second-order valence-corrected chi connectivity index (χ2v) is 6.06. The molecule has 23 heavy (non-hydrogen) atoms. The molecule has 0 amide bonds. The third kappa shape index (κ3) is 3.35. The minimum atomic E-state index is 0.802. The minimum absolute atomic E-state index is 0.802. The molecule has 2 aliphatic heterocycles. The van der Waals surface area contributed by atoms with Crippen LogP contribution in [0.3, 0.4) is 0 Å². The average molecular weight is 307 g/mol. The van der Waals surface area contributed by atoms with Crippen LogP contribution in [-0.2, 0) is 6.54 Å². The molecule has 0 atom stereocenters. The second kappa shape index (κ2) is 6.38. The van der Waals surface area contributed by atoms with Crippen molar-refractivity contribution in [2.45, 2.75) is 25.8 Å².